The van der Waals surface area contributed by atoms with Gasteiger partial charge in [0, 0.05) is 32.4 Å². The van der Waals surface area contributed by atoms with E-state index in [9.17, 15) is 19.2 Å². The highest BCUT2D eigenvalue weighted by atomic mass is 16.6. The van der Waals surface area contributed by atoms with E-state index < -0.39 is 23.4 Å². The molecule has 0 saturated carbocycles. The molecule has 3 rings (SSSR count). The summed E-state index contributed by atoms with van der Waals surface area (Å²) in [6.45, 7) is 13.1. The summed E-state index contributed by atoms with van der Waals surface area (Å²) in [5.74, 6) is -0.282. The van der Waals surface area contributed by atoms with Crippen molar-refractivity contribution < 1.29 is 28.7 Å². The fraction of sp³-hybridized carbons (Fsp3) is 0.600. The van der Waals surface area contributed by atoms with Crippen LogP contribution in [0.25, 0.3) is 0 Å². The highest BCUT2D eigenvalue weighted by Crippen LogP contribution is 2.14. The number of pyridine rings is 1. The first-order valence-electron chi connectivity index (χ1n) is 12.0. The molecule has 2 saturated heterocycles. The summed E-state index contributed by atoms with van der Waals surface area (Å²) in [5, 5.41) is 11.4. The fourth-order valence-electron chi connectivity index (χ4n) is 3.26. The Kier molecular flexibility index (Phi) is 9.82. The molecule has 0 atom stereocenters. The summed E-state index contributed by atoms with van der Waals surface area (Å²) < 4.78 is 10.4. The van der Waals surface area contributed by atoms with Crippen LogP contribution in [0.15, 0.2) is 18.3 Å². The van der Waals surface area contributed by atoms with Crippen molar-refractivity contribution in [3.05, 3.63) is 29.6 Å². The lowest BCUT2D eigenvalue weighted by Crippen LogP contribution is -2.52. The van der Waals surface area contributed by atoms with Crippen molar-refractivity contribution in [2.24, 2.45) is 0 Å². The minimum Gasteiger partial charge on any atom is -0.444 e. The van der Waals surface area contributed by atoms with Gasteiger partial charge in [-0.2, -0.15) is 5.26 Å². The standard InChI is InChI=1S/C16H20N4O3.C9H16N2O3/c1-16(2,3)23-15(22)20-7-6-19(14(21)11-20)10-13-5-4-12(8-17)9-18-13;1-9(2,3)14-8(13)11-5-4-10-7(12)6-11/h4-5,9H,6-7,10-11H2,1-3H3;4-6H2,1-3H3,(H,10,12). The van der Waals surface area contributed by atoms with E-state index in [0.717, 1.165) is 0 Å². The maximum Gasteiger partial charge on any atom is 0.410 e. The zero-order valence-corrected chi connectivity index (χ0v) is 22.4. The van der Waals surface area contributed by atoms with Crippen LogP contribution in [0.3, 0.4) is 0 Å². The lowest BCUT2D eigenvalue weighted by Gasteiger charge is -2.35. The van der Waals surface area contributed by atoms with Crippen molar-refractivity contribution >= 4 is 24.0 Å². The third-order valence-electron chi connectivity index (χ3n) is 4.97. The molecule has 2 fully saturated rings. The second kappa shape index (κ2) is 12.4. The summed E-state index contributed by atoms with van der Waals surface area (Å²) in [6.07, 6.45) is 0.589. The van der Waals surface area contributed by atoms with Crippen LogP contribution in [-0.4, -0.2) is 94.2 Å². The van der Waals surface area contributed by atoms with Crippen LogP contribution in [0.5, 0.6) is 0 Å². The summed E-state index contributed by atoms with van der Waals surface area (Å²) in [7, 11) is 0. The molecule has 1 aromatic heterocycles. The van der Waals surface area contributed by atoms with Crippen molar-refractivity contribution in [2.75, 3.05) is 39.3 Å². The Morgan fingerprint density at radius 3 is 2.03 bits per heavy atom. The Labute approximate surface area is 217 Å². The first-order chi connectivity index (χ1) is 17.2. The minimum absolute atomic E-state index is 0.00515. The molecule has 2 aliphatic heterocycles. The number of carbonyl (C=O) groups excluding carboxylic acids is 4. The predicted octanol–water partition coefficient (Wildman–Crippen LogP) is 1.89. The Hall–Kier alpha value is -3.88. The van der Waals surface area contributed by atoms with E-state index in [1.54, 1.807) is 58.6 Å². The Morgan fingerprint density at radius 1 is 0.973 bits per heavy atom. The van der Waals surface area contributed by atoms with Crippen molar-refractivity contribution in [3.8, 4) is 6.07 Å². The number of hydrogen-bond donors (Lipinski definition) is 1. The summed E-state index contributed by atoms with van der Waals surface area (Å²) in [4.78, 5) is 55.3. The molecular weight excluding hydrogens is 480 g/mol. The molecule has 4 amide bonds. The monoisotopic (exact) mass is 516 g/mol. The normalized spacial score (nSPS) is 16.2. The number of ether oxygens (including phenoxy) is 2. The topological polar surface area (TPSA) is 145 Å². The average Bonchev–Trinajstić information content (AvgIpc) is 2.79. The summed E-state index contributed by atoms with van der Waals surface area (Å²) in [5.41, 5.74) is 0.104. The van der Waals surface area contributed by atoms with Crippen LogP contribution in [-0.2, 0) is 25.6 Å². The van der Waals surface area contributed by atoms with Gasteiger partial charge < -0.3 is 19.7 Å². The molecule has 2 aliphatic rings. The Balaban J connectivity index is 0.000000294. The molecule has 3 heterocycles. The maximum absolute atomic E-state index is 12.2. The molecule has 1 aromatic rings. The Bertz CT molecular complexity index is 1020. The number of nitriles is 1. The van der Waals surface area contributed by atoms with E-state index in [-0.39, 0.29) is 24.9 Å². The zero-order valence-electron chi connectivity index (χ0n) is 22.4. The second-order valence-corrected chi connectivity index (χ2v) is 10.6. The molecule has 12 heteroatoms. The molecule has 1 N–H and O–H groups in total. The maximum atomic E-state index is 12.2. The van der Waals surface area contributed by atoms with E-state index in [1.165, 1.54) is 16.0 Å². The quantitative estimate of drug-likeness (QED) is 0.627. The number of carbonyl (C=O) groups is 4. The van der Waals surface area contributed by atoms with Gasteiger partial charge in [0.15, 0.2) is 0 Å². The molecule has 12 nitrogen and oxygen atoms in total. The van der Waals surface area contributed by atoms with Crippen LogP contribution < -0.4 is 5.32 Å². The van der Waals surface area contributed by atoms with E-state index in [0.29, 0.717) is 44.0 Å². The molecule has 0 spiro atoms. The number of hydrogen-bond acceptors (Lipinski definition) is 8. The van der Waals surface area contributed by atoms with E-state index in [2.05, 4.69) is 10.3 Å². The zero-order chi connectivity index (χ0) is 27.8. The third kappa shape index (κ3) is 10.3. The summed E-state index contributed by atoms with van der Waals surface area (Å²) in [6, 6.07) is 5.40. The first-order valence-corrected chi connectivity index (χ1v) is 12.0. The van der Waals surface area contributed by atoms with Crippen LogP contribution in [0.4, 0.5) is 9.59 Å². The number of rotatable bonds is 2. The van der Waals surface area contributed by atoms with Gasteiger partial charge in [0.1, 0.15) is 30.4 Å². The molecule has 0 radical (unpaired) electrons. The van der Waals surface area contributed by atoms with Gasteiger partial charge in [-0.15, -0.1) is 0 Å². The van der Waals surface area contributed by atoms with Gasteiger partial charge in [0.05, 0.1) is 17.8 Å². The van der Waals surface area contributed by atoms with Crippen molar-refractivity contribution in [1.29, 1.82) is 5.26 Å². The molecule has 0 aromatic carbocycles. The lowest BCUT2D eigenvalue weighted by molar-refractivity contribution is -0.136. The molecule has 0 aliphatic carbocycles. The van der Waals surface area contributed by atoms with Crippen LogP contribution >= 0.6 is 0 Å². The highest BCUT2D eigenvalue weighted by molar-refractivity contribution is 5.84. The predicted molar refractivity (Wildman–Crippen MR) is 133 cm³/mol. The number of amides is 4. The van der Waals surface area contributed by atoms with E-state index in [1.807, 2.05) is 6.07 Å². The number of aromatic nitrogens is 1. The smallest absolute Gasteiger partial charge is 0.410 e. The molecule has 37 heavy (non-hydrogen) atoms. The van der Waals surface area contributed by atoms with Crippen molar-refractivity contribution in [3.63, 3.8) is 0 Å². The van der Waals surface area contributed by atoms with E-state index >= 15 is 0 Å². The van der Waals surface area contributed by atoms with Gasteiger partial charge >= 0.3 is 12.2 Å². The van der Waals surface area contributed by atoms with Gasteiger partial charge in [0.2, 0.25) is 11.8 Å². The largest absolute Gasteiger partial charge is 0.444 e. The lowest BCUT2D eigenvalue weighted by atomic mass is 10.2. The van der Waals surface area contributed by atoms with E-state index in [4.69, 9.17) is 14.7 Å². The van der Waals surface area contributed by atoms with Gasteiger partial charge in [-0.25, -0.2) is 9.59 Å². The molecular formula is C25H36N6O6. The number of nitrogens with one attached hydrogen (secondary N) is 1. The van der Waals surface area contributed by atoms with Gasteiger partial charge in [-0.1, -0.05) is 0 Å². The second-order valence-electron chi connectivity index (χ2n) is 10.6. The van der Waals surface area contributed by atoms with Crippen LogP contribution in [0, 0.1) is 11.3 Å². The SMILES string of the molecule is CC(C)(C)OC(=O)N1CCN(Cc2ccc(C#N)cn2)C(=O)C1.CC(C)(C)OC(=O)N1CCNC(=O)C1. The molecule has 0 unspecified atom stereocenters. The number of nitrogens with zero attached hydrogens (tertiary/aromatic N) is 5. The first kappa shape index (κ1) is 29.4. The average molecular weight is 517 g/mol. The Morgan fingerprint density at radius 2 is 1.57 bits per heavy atom. The van der Waals surface area contributed by atoms with Gasteiger partial charge in [-0.3, -0.25) is 24.4 Å². The molecule has 0 bridgehead atoms. The van der Waals surface area contributed by atoms with Crippen LogP contribution in [0.2, 0.25) is 0 Å². The van der Waals surface area contributed by atoms with Crippen molar-refractivity contribution in [2.45, 2.75) is 59.3 Å². The highest BCUT2D eigenvalue weighted by Gasteiger charge is 2.30. The summed E-state index contributed by atoms with van der Waals surface area (Å²) >= 11 is 0. The molecule has 202 valence electrons. The van der Waals surface area contributed by atoms with Gasteiger partial charge in [0.25, 0.3) is 0 Å². The minimum atomic E-state index is -0.580. The van der Waals surface area contributed by atoms with Gasteiger partial charge in [-0.05, 0) is 53.7 Å². The number of piperazine rings is 2. The van der Waals surface area contributed by atoms with Crippen LogP contribution in [0.1, 0.15) is 52.8 Å². The fourth-order valence-corrected chi connectivity index (χ4v) is 3.26. The van der Waals surface area contributed by atoms with Crippen molar-refractivity contribution in [1.82, 2.24) is 25.0 Å². The third-order valence-corrected chi connectivity index (χ3v) is 4.97.